The second-order valence-corrected chi connectivity index (χ2v) is 7.64. The first-order valence-electron chi connectivity index (χ1n) is 8.79. The van der Waals surface area contributed by atoms with E-state index in [1.807, 2.05) is 32.9 Å². The Morgan fingerprint density at radius 2 is 1.93 bits per heavy atom. The van der Waals surface area contributed by atoms with Gasteiger partial charge >= 0.3 is 12.1 Å². The highest BCUT2D eigenvalue weighted by molar-refractivity contribution is 5.97. The van der Waals surface area contributed by atoms with Crippen LogP contribution in [-0.4, -0.2) is 47.3 Å². The van der Waals surface area contributed by atoms with E-state index >= 15 is 0 Å². The van der Waals surface area contributed by atoms with Crippen molar-refractivity contribution in [2.24, 2.45) is 16.8 Å². The molecule has 0 radical (unpaired) electrons. The first-order chi connectivity index (χ1) is 12.6. The number of hydrogen-bond acceptors (Lipinski definition) is 6. The maximum atomic E-state index is 12.7. The molecule has 1 heterocycles. The molecule has 3 N–H and O–H groups in total. The SMILES string of the molecule is COC(=O)C[C@@H]1C[C@H](c2ccc(C(N)=NO)cc2)N(C(=O)OC(C)(C)C)C1. The van der Waals surface area contributed by atoms with Gasteiger partial charge in [-0.1, -0.05) is 29.4 Å². The van der Waals surface area contributed by atoms with E-state index < -0.39 is 11.7 Å². The van der Waals surface area contributed by atoms with E-state index in [9.17, 15) is 9.59 Å². The monoisotopic (exact) mass is 377 g/mol. The predicted octanol–water partition coefficient (Wildman–Crippen LogP) is 2.64. The fraction of sp³-hybridized carbons (Fsp3) is 0.526. The quantitative estimate of drug-likeness (QED) is 0.274. The number of amidine groups is 1. The summed E-state index contributed by atoms with van der Waals surface area (Å²) in [4.78, 5) is 26.0. The van der Waals surface area contributed by atoms with Gasteiger partial charge in [-0.3, -0.25) is 4.79 Å². The van der Waals surface area contributed by atoms with Crippen molar-refractivity contribution in [3.63, 3.8) is 0 Å². The number of carbonyl (C=O) groups is 2. The van der Waals surface area contributed by atoms with Gasteiger partial charge in [-0.2, -0.15) is 0 Å². The molecule has 1 saturated heterocycles. The number of methoxy groups -OCH3 is 1. The highest BCUT2D eigenvalue weighted by Crippen LogP contribution is 2.38. The van der Waals surface area contributed by atoms with Crippen LogP contribution in [0.4, 0.5) is 4.79 Å². The third-order valence-corrected chi connectivity index (χ3v) is 4.40. The van der Waals surface area contributed by atoms with Crippen LogP contribution in [-0.2, 0) is 14.3 Å². The topological polar surface area (TPSA) is 114 Å². The minimum Gasteiger partial charge on any atom is -0.469 e. The van der Waals surface area contributed by atoms with Crippen LogP contribution in [0.25, 0.3) is 0 Å². The lowest BCUT2D eigenvalue weighted by atomic mass is 9.97. The molecule has 0 saturated carbocycles. The summed E-state index contributed by atoms with van der Waals surface area (Å²) in [6, 6.07) is 6.89. The molecule has 0 spiro atoms. The van der Waals surface area contributed by atoms with E-state index in [2.05, 4.69) is 5.16 Å². The lowest BCUT2D eigenvalue weighted by Gasteiger charge is -2.29. The third-order valence-electron chi connectivity index (χ3n) is 4.40. The first kappa shape index (κ1) is 20.5. The van der Waals surface area contributed by atoms with E-state index in [0.29, 0.717) is 18.5 Å². The Hall–Kier alpha value is -2.77. The Labute approximate surface area is 158 Å². The average molecular weight is 377 g/mol. The Kier molecular flexibility index (Phi) is 6.30. The van der Waals surface area contributed by atoms with Gasteiger partial charge in [-0.05, 0) is 38.7 Å². The lowest BCUT2D eigenvalue weighted by Crippen LogP contribution is -2.37. The van der Waals surface area contributed by atoms with Crippen molar-refractivity contribution < 1.29 is 24.3 Å². The van der Waals surface area contributed by atoms with Crippen molar-refractivity contribution in [3.05, 3.63) is 35.4 Å². The molecule has 0 aromatic heterocycles. The van der Waals surface area contributed by atoms with Crippen LogP contribution < -0.4 is 5.73 Å². The molecule has 1 aromatic rings. The summed E-state index contributed by atoms with van der Waals surface area (Å²) in [5, 5.41) is 11.8. The summed E-state index contributed by atoms with van der Waals surface area (Å²) < 4.78 is 10.3. The number of ether oxygens (including phenoxy) is 2. The second-order valence-electron chi connectivity index (χ2n) is 7.64. The van der Waals surface area contributed by atoms with Gasteiger partial charge in [-0.15, -0.1) is 0 Å². The lowest BCUT2D eigenvalue weighted by molar-refractivity contribution is -0.141. The number of carbonyl (C=O) groups excluding carboxylic acids is 2. The molecule has 148 valence electrons. The number of nitrogens with zero attached hydrogens (tertiary/aromatic N) is 2. The Bertz CT molecular complexity index is 709. The Morgan fingerprint density at radius 3 is 2.44 bits per heavy atom. The molecule has 1 amide bonds. The maximum Gasteiger partial charge on any atom is 0.410 e. The molecule has 0 aliphatic carbocycles. The zero-order valence-corrected chi connectivity index (χ0v) is 16.1. The van der Waals surface area contributed by atoms with Gasteiger partial charge < -0.3 is 25.3 Å². The van der Waals surface area contributed by atoms with E-state index in [1.54, 1.807) is 17.0 Å². The molecule has 0 bridgehead atoms. The highest BCUT2D eigenvalue weighted by atomic mass is 16.6. The molecule has 8 nitrogen and oxygen atoms in total. The molecule has 0 unspecified atom stereocenters. The summed E-state index contributed by atoms with van der Waals surface area (Å²) in [5.74, 6) is -0.300. The van der Waals surface area contributed by atoms with Gasteiger partial charge in [0.2, 0.25) is 0 Å². The second kappa shape index (κ2) is 8.28. The number of amides is 1. The van der Waals surface area contributed by atoms with Crippen LogP contribution in [0.2, 0.25) is 0 Å². The number of rotatable bonds is 4. The smallest absolute Gasteiger partial charge is 0.410 e. The fourth-order valence-corrected chi connectivity index (χ4v) is 3.16. The molecule has 1 aliphatic heterocycles. The van der Waals surface area contributed by atoms with Crippen molar-refractivity contribution >= 4 is 17.9 Å². The molecule has 27 heavy (non-hydrogen) atoms. The van der Waals surface area contributed by atoms with Crippen LogP contribution in [0.5, 0.6) is 0 Å². The van der Waals surface area contributed by atoms with Gasteiger partial charge in [0.15, 0.2) is 5.84 Å². The van der Waals surface area contributed by atoms with Gasteiger partial charge in [-0.25, -0.2) is 4.79 Å². The first-order valence-corrected chi connectivity index (χ1v) is 8.79. The third kappa shape index (κ3) is 5.35. The number of esters is 1. The summed E-state index contributed by atoms with van der Waals surface area (Å²) in [7, 11) is 1.35. The van der Waals surface area contributed by atoms with Gasteiger partial charge in [0, 0.05) is 12.1 Å². The number of likely N-dealkylation sites (tertiary alicyclic amines) is 1. The van der Waals surface area contributed by atoms with E-state index in [0.717, 1.165) is 5.56 Å². The summed E-state index contributed by atoms with van der Waals surface area (Å²) in [6.45, 7) is 5.85. The van der Waals surface area contributed by atoms with E-state index in [-0.39, 0.29) is 30.2 Å². The largest absolute Gasteiger partial charge is 0.469 e. The van der Waals surface area contributed by atoms with Crippen molar-refractivity contribution in [2.45, 2.75) is 45.3 Å². The number of oxime groups is 1. The Balaban J connectivity index is 2.25. The zero-order valence-electron chi connectivity index (χ0n) is 16.1. The molecule has 1 aromatic carbocycles. The van der Waals surface area contributed by atoms with Crippen molar-refractivity contribution in [1.29, 1.82) is 0 Å². The van der Waals surface area contributed by atoms with E-state index in [1.165, 1.54) is 7.11 Å². The fourth-order valence-electron chi connectivity index (χ4n) is 3.16. The van der Waals surface area contributed by atoms with Crippen LogP contribution in [0.1, 0.15) is 50.8 Å². The molecule has 8 heteroatoms. The normalized spacial score (nSPS) is 20.4. The summed E-state index contributed by atoms with van der Waals surface area (Å²) in [5.41, 5.74) is 6.46. The number of benzene rings is 1. The van der Waals surface area contributed by atoms with Crippen LogP contribution >= 0.6 is 0 Å². The minimum absolute atomic E-state index is 0.0144. The van der Waals surface area contributed by atoms with Gasteiger partial charge in [0.05, 0.1) is 19.6 Å². The van der Waals surface area contributed by atoms with Crippen molar-refractivity contribution in [3.8, 4) is 0 Å². The van der Waals surface area contributed by atoms with Crippen molar-refractivity contribution in [2.75, 3.05) is 13.7 Å². The van der Waals surface area contributed by atoms with Crippen LogP contribution in [0, 0.1) is 5.92 Å². The number of nitrogens with two attached hydrogens (primary N) is 1. The number of hydrogen-bond donors (Lipinski definition) is 2. The Morgan fingerprint density at radius 1 is 1.30 bits per heavy atom. The summed E-state index contributed by atoms with van der Waals surface area (Å²) >= 11 is 0. The van der Waals surface area contributed by atoms with Crippen LogP contribution in [0.3, 0.4) is 0 Å². The van der Waals surface area contributed by atoms with Gasteiger partial charge in [0.1, 0.15) is 5.60 Å². The molecule has 1 aliphatic rings. The van der Waals surface area contributed by atoms with Gasteiger partial charge in [0.25, 0.3) is 0 Å². The average Bonchev–Trinajstić information content (AvgIpc) is 3.03. The molecular formula is C19H27N3O5. The van der Waals surface area contributed by atoms with Crippen molar-refractivity contribution in [1.82, 2.24) is 4.90 Å². The minimum atomic E-state index is -0.613. The summed E-state index contributed by atoms with van der Waals surface area (Å²) in [6.07, 6.45) is 0.451. The molecule has 1 fully saturated rings. The molecule has 2 atom stereocenters. The maximum absolute atomic E-state index is 12.7. The predicted molar refractivity (Wildman–Crippen MR) is 99.4 cm³/mol. The zero-order chi connectivity index (χ0) is 20.2. The molecule has 2 rings (SSSR count). The van der Waals surface area contributed by atoms with Crippen LogP contribution in [0.15, 0.2) is 29.4 Å². The molecular weight excluding hydrogens is 350 g/mol. The standard InChI is InChI=1S/C19H27N3O5/c1-19(2,3)27-18(24)22-11-12(10-16(23)26-4)9-15(22)13-5-7-14(8-6-13)17(20)21-25/h5-8,12,15,25H,9-11H2,1-4H3,(H2,20,21)/t12-,15+/m0/s1. The van der Waals surface area contributed by atoms with E-state index in [4.69, 9.17) is 20.4 Å². The highest BCUT2D eigenvalue weighted by Gasteiger charge is 2.39.